The zero-order valence-electron chi connectivity index (χ0n) is 13.1. The van der Waals surface area contributed by atoms with Crippen LogP contribution in [-0.4, -0.2) is 18.6 Å². The molecule has 0 aliphatic rings. The van der Waals surface area contributed by atoms with Crippen molar-refractivity contribution < 1.29 is 18.6 Å². The van der Waals surface area contributed by atoms with Crippen LogP contribution in [0.4, 0.5) is 0 Å². The lowest BCUT2D eigenvalue weighted by molar-refractivity contribution is 0.442. The van der Waals surface area contributed by atoms with Crippen molar-refractivity contribution in [3.8, 4) is 11.5 Å². The molecule has 2 rings (SSSR count). The second kappa shape index (κ2) is 7.51. The van der Waals surface area contributed by atoms with Crippen LogP contribution in [-0.2, 0) is 9.84 Å². The van der Waals surface area contributed by atoms with E-state index in [0.717, 1.165) is 19.3 Å². The van der Waals surface area contributed by atoms with Crippen molar-refractivity contribution in [2.45, 2.75) is 42.8 Å². The molecule has 2 aromatic rings. The first kappa shape index (κ1) is 17.3. The van der Waals surface area contributed by atoms with Crippen LogP contribution in [0, 0.1) is 0 Å². The highest BCUT2D eigenvalue weighted by molar-refractivity contribution is 7.91. The Morgan fingerprint density at radius 3 is 2.30 bits per heavy atom. The van der Waals surface area contributed by atoms with E-state index < -0.39 is 15.1 Å². The van der Waals surface area contributed by atoms with Gasteiger partial charge >= 0.3 is 0 Å². The van der Waals surface area contributed by atoms with Gasteiger partial charge in [0.1, 0.15) is 11.5 Å². The normalized spacial score (nSPS) is 12.9. The van der Waals surface area contributed by atoms with Crippen molar-refractivity contribution in [3.05, 3.63) is 54.1 Å². The molecule has 4 nitrogen and oxygen atoms in total. The fraction of sp³-hybridized carbons (Fsp3) is 0.333. The van der Waals surface area contributed by atoms with Crippen LogP contribution in [0.3, 0.4) is 0 Å². The van der Waals surface area contributed by atoms with Crippen LogP contribution < -0.4 is 0 Å². The number of phenolic OH excluding ortho intramolecular Hbond substituents is 2. The summed E-state index contributed by atoms with van der Waals surface area (Å²) in [5, 5.41) is 18.7. The highest BCUT2D eigenvalue weighted by atomic mass is 32.2. The van der Waals surface area contributed by atoms with Gasteiger partial charge in [-0.2, -0.15) is 0 Å². The first-order chi connectivity index (χ1) is 11.0. The minimum Gasteiger partial charge on any atom is -0.508 e. The third-order valence-corrected chi connectivity index (χ3v) is 6.05. The molecule has 0 aromatic heterocycles. The van der Waals surface area contributed by atoms with Crippen LogP contribution in [0.5, 0.6) is 11.5 Å². The molecule has 0 radical (unpaired) electrons. The van der Waals surface area contributed by atoms with E-state index in [2.05, 4.69) is 6.92 Å². The number of benzene rings is 2. The van der Waals surface area contributed by atoms with E-state index in [0.29, 0.717) is 12.0 Å². The monoisotopic (exact) mass is 334 g/mol. The summed E-state index contributed by atoms with van der Waals surface area (Å²) < 4.78 is 26.0. The minimum atomic E-state index is -3.61. The molecule has 0 saturated carbocycles. The maximum atomic E-state index is 13.0. The summed E-state index contributed by atoms with van der Waals surface area (Å²) >= 11 is 0. The van der Waals surface area contributed by atoms with Crippen molar-refractivity contribution in [2.24, 2.45) is 0 Å². The van der Waals surface area contributed by atoms with Crippen molar-refractivity contribution in [1.29, 1.82) is 0 Å². The van der Waals surface area contributed by atoms with Crippen molar-refractivity contribution in [3.63, 3.8) is 0 Å². The number of hydrogen-bond donors (Lipinski definition) is 2. The van der Waals surface area contributed by atoms with Crippen molar-refractivity contribution in [1.82, 2.24) is 0 Å². The maximum Gasteiger partial charge on any atom is 0.185 e. The third-order valence-electron chi connectivity index (χ3n) is 3.88. The van der Waals surface area contributed by atoms with Gasteiger partial charge in [0, 0.05) is 11.6 Å². The highest BCUT2D eigenvalue weighted by Crippen LogP contribution is 2.38. The molecule has 0 heterocycles. The van der Waals surface area contributed by atoms with E-state index in [-0.39, 0.29) is 16.4 Å². The van der Waals surface area contributed by atoms with Crippen LogP contribution in [0.25, 0.3) is 0 Å². The summed E-state index contributed by atoms with van der Waals surface area (Å²) in [5.74, 6) is -0.276. The Morgan fingerprint density at radius 1 is 1.00 bits per heavy atom. The van der Waals surface area contributed by atoms with Gasteiger partial charge in [0.25, 0.3) is 0 Å². The van der Waals surface area contributed by atoms with Gasteiger partial charge in [-0.25, -0.2) is 8.42 Å². The number of hydrogen-bond acceptors (Lipinski definition) is 4. The molecule has 2 N–H and O–H groups in total. The summed E-state index contributed by atoms with van der Waals surface area (Å²) in [6.07, 6.45) is 3.11. The van der Waals surface area contributed by atoms with Crippen LogP contribution in [0.1, 0.15) is 43.4 Å². The predicted octanol–water partition coefficient (Wildman–Crippen LogP) is 4.19. The average molecular weight is 334 g/mol. The van der Waals surface area contributed by atoms with Gasteiger partial charge in [0.2, 0.25) is 0 Å². The molecule has 124 valence electrons. The van der Waals surface area contributed by atoms with E-state index in [1.165, 1.54) is 18.2 Å². The first-order valence-corrected chi connectivity index (χ1v) is 9.32. The molecule has 0 spiro atoms. The van der Waals surface area contributed by atoms with Crippen molar-refractivity contribution >= 4 is 9.84 Å². The molecular formula is C18H22O4S. The molecule has 2 aromatic carbocycles. The molecule has 1 unspecified atom stereocenters. The fourth-order valence-electron chi connectivity index (χ4n) is 2.64. The Hall–Kier alpha value is -2.01. The van der Waals surface area contributed by atoms with Gasteiger partial charge in [-0.15, -0.1) is 0 Å². The largest absolute Gasteiger partial charge is 0.508 e. The van der Waals surface area contributed by atoms with Gasteiger partial charge < -0.3 is 10.2 Å². The zero-order valence-corrected chi connectivity index (χ0v) is 14.0. The summed E-state index contributed by atoms with van der Waals surface area (Å²) in [4.78, 5) is 0.244. The third kappa shape index (κ3) is 4.05. The summed E-state index contributed by atoms with van der Waals surface area (Å²) in [5.41, 5.74) is 0.336. The molecule has 5 heteroatoms. The number of sulfone groups is 1. The summed E-state index contributed by atoms with van der Waals surface area (Å²) in [7, 11) is -3.61. The Morgan fingerprint density at radius 2 is 1.70 bits per heavy atom. The predicted molar refractivity (Wildman–Crippen MR) is 90.3 cm³/mol. The smallest absolute Gasteiger partial charge is 0.185 e. The Balaban J connectivity index is 2.45. The zero-order chi connectivity index (χ0) is 16.9. The fourth-order valence-corrected chi connectivity index (χ4v) is 4.51. The SMILES string of the molecule is CCCCCC(c1ccc(O)cc1O)S(=O)(=O)c1ccccc1. The second-order valence-corrected chi connectivity index (χ2v) is 7.72. The van der Waals surface area contributed by atoms with E-state index >= 15 is 0 Å². The summed E-state index contributed by atoms with van der Waals surface area (Å²) in [6.45, 7) is 2.05. The highest BCUT2D eigenvalue weighted by Gasteiger charge is 2.30. The van der Waals surface area contributed by atoms with E-state index in [4.69, 9.17) is 0 Å². The van der Waals surface area contributed by atoms with E-state index in [9.17, 15) is 18.6 Å². The first-order valence-electron chi connectivity index (χ1n) is 7.77. The number of phenols is 2. The van der Waals surface area contributed by atoms with Crippen LogP contribution in [0.2, 0.25) is 0 Å². The van der Waals surface area contributed by atoms with E-state index in [1.54, 1.807) is 30.3 Å². The van der Waals surface area contributed by atoms with Gasteiger partial charge in [0.15, 0.2) is 9.84 Å². The Labute approximate surface area is 137 Å². The molecule has 0 fully saturated rings. The number of unbranched alkanes of at least 4 members (excludes halogenated alkanes) is 2. The van der Waals surface area contributed by atoms with E-state index in [1.807, 2.05) is 0 Å². The van der Waals surface area contributed by atoms with Gasteiger partial charge in [-0.05, 0) is 24.6 Å². The standard InChI is InChI=1S/C18H22O4S/c1-2-3-5-10-18(16-12-11-14(19)13-17(16)20)23(21,22)15-8-6-4-7-9-15/h4,6-9,11-13,18-20H,2-3,5,10H2,1H3. The molecular weight excluding hydrogens is 312 g/mol. The van der Waals surface area contributed by atoms with Crippen LogP contribution in [0.15, 0.2) is 53.4 Å². The lowest BCUT2D eigenvalue weighted by atomic mass is 10.0. The molecule has 23 heavy (non-hydrogen) atoms. The Bertz CT molecular complexity index is 739. The number of rotatable bonds is 7. The quantitative estimate of drug-likeness (QED) is 0.744. The van der Waals surface area contributed by atoms with Crippen LogP contribution >= 0.6 is 0 Å². The number of aromatic hydroxyl groups is 2. The second-order valence-electron chi connectivity index (χ2n) is 5.59. The molecule has 0 amide bonds. The molecule has 1 atom stereocenters. The minimum absolute atomic E-state index is 0.0873. The Kier molecular flexibility index (Phi) is 5.66. The lowest BCUT2D eigenvalue weighted by Crippen LogP contribution is -2.14. The van der Waals surface area contributed by atoms with Crippen molar-refractivity contribution in [2.75, 3.05) is 0 Å². The lowest BCUT2D eigenvalue weighted by Gasteiger charge is -2.19. The molecule has 0 bridgehead atoms. The summed E-state index contributed by atoms with van der Waals surface area (Å²) in [6, 6.07) is 12.4. The average Bonchev–Trinajstić information content (AvgIpc) is 2.53. The van der Waals surface area contributed by atoms with Gasteiger partial charge in [0.05, 0.1) is 10.1 Å². The molecule has 0 saturated heterocycles. The van der Waals surface area contributed by atoms with Gasteiger partial charge in [-0.1, -0.05) is 50.5 Å². The molecule has 0 aliphatic carbocycles. The maximum absolute atomic E-state index is 13.0. The van der Waals surface area contributed by atoms with Gasteiger partial charge in [-0.3, -0.25) is 0 Å². The topological polar surface area (TPSA) is 74.6 Å². The molecule has 0 aliphatic heterocycles.